The molecule has 1 spiro atoms. The maximum Gasteiger partial charge on any atom is 0.211 e. The Hall–Kier alpha value is -2.66. The Balaban J connectivity index is 1.54. The number of aromatic nitrogens is 3. The number of hydrogen-bond donors (Lipinski definition) is 1. The van der Waals surface area contributed by atoms with Crippen molar-refractivity contribution < 1.29 is 4.74 Å². The molecule has 32 heavy (non-hydrogen) atoms. The van der Waals surface area contributed by atoms with Gasteiger partial charge in [0.2, 0.25) is 11.6 Å². The summed E-state index contributed by atoms with van der Waals surface area (Å²) in [5, 5.41) is 0.451. The van der Waals surface area contributed by atoms with Gasteiger partial charge in [0.15, 0.2) is 0 Å². The third-order valence-electron chi connectivity index (χ3n) is 7.30. The molecule has 0 saturated carbocycles. The van der Waals surface area contributed by atoms with Crippen molar-refractivity contribution in [2.24, 2.45) is 11.1 Å². The number of piperidine rings is 1. The molecule has 0 radical (unpaired) electrons. The molecule has 8 heteroatoms. The fraction of sp³-hybridized carbons (Fsp3) is 0.458. The van der Waals surface area contributed by atoms with Gasteiger partial charge in [0, 0.05) is 42.5 Å². The van der Waals surface area contributed by atoms with Crippen molar-refractivity contribution in [1.29, 1.82) is 0 Å². The van der Waals surface area contributed by atoms with Gasteiger partial charge in [-0.3, -0.25) is 4.40 Å². The minimum absolute atomic E-state index is 0.0601. The molecule has 0 aliphatic carbocycles. The summed E-state index contributed by atoms with van der Waals surface area (Å²) < 4.78 is 7.90. The molecule has 2 aromatic heterocycles. The van der Waals surface area contributed by atoms with E-state index in [0.29, 0.717) is 10.7 Å². The first-order valence-electron chi connectivity index (χ1n) is 11.0. The van der Waals surface area contributed by atoms with Gasteiger partial charge in [0.25, 0.3) is 0 Å². The number of imidazole rings is 1. The van der Waals surface area contributed by atoms with E-state index in [1.165, 1.54) is 0 Å². The van der Waals surface area contributed by atoms with Gasteiger partial charge in [0.1, 0.15) is 5.65 Å². The molecule has 2 aliphatic rings. The molecule has 2 saturated heterocycles. The summed E-state index contributed by atoms with van der Waals surface area (Å²) >= 11 is 6.66. The van der Waals surface area contributed by atoms with Crippen LogP contribution in [0.2, 0.25) is 5.02 Å². The summed E-state index contributed by atoms with van der Waals surface area (Å²) in [5.74, 6) is 0.878. The van der Waals surface area contributed by atoms with Crippen molar-refractivity contribution >= 4 is 28.9 Å². The Morgan fingerprint density at radius 3 is 2.69 bits per heavy atom. The molecule has 7 nitrogen and oxygen atoms in total. The van der Waals surface area contributed by atoms with Gasteiger partial charge in [-0.25, -0.2) is 14.8 Å². The highest BCUT2D eigenvalue weighted by atomic mass is 35.5. The van der Waals surface area contributed by atoms with Crippen LogP contribution in [0.3, 0.4) is 0 Å². The fourth-order valence-corrected chi connectivity index (χ4v) is 5.57. The van der Waals surface area contributed by atoms with E-state index in [2.05, 4.69) is 21.7 Å². The Bertz CT molecular complexity index is 1240. The number of fused-ring (bicyclic) bond motifs is 1. The number of hydrogen-bond acceptors (Lipinski definition) is 5. The van der Waals surface area contributed by atoms with Crippen molar-refractivity contribution in [2.75, 3.05) is 24.6 Å². The van der Waals surface area contributed by atoms with Gasteiger partial charge in [-0.1, -0.05) is 23.7 Å². The third-order valence-corrected chi connectivity index (χ3v) is 7.68. The third kappa shape index (κ3) is 3.09. The molecule has 4 heterocycles. The predicted octanol–water partition coefficient (Wildman–Crippen LogP) is 4.55. The molecule has 2 atom stereocenters. The normalized spacial score (nSPS) is 22.6. The highest BCUT2D eigenvalue weighted by molar-refractivity contribution is 6.36. The zero-order chi connectivity index (χ0) is 22.6. The smallest absolute Gasteiger partial charge is 0.211 e. The lowest BCUT2D eigenvalue weighted by Gasteiger charge is -2.41. The first-order valence-corrected chi connectivity index (χ1v) is 11.4. The number of aryl methyl sites for hydroxylation is 2. The summed E-state index contributed by atoms with van der Waals surface area (Å²) in [6.07, 6.45) is 5.80. The molecular formula is C24H27ClN6O. The zero-order valence-electron chi connectivity index (χ0n) is 18.6. The maximum atomic E-state index is 7.51. The van der Waals surface area contributed by atoms with Crippen LogP contribution in [0.1, 0.15) is 31.0 Å². The molecule has 0 amide bonds. The van der Waals surface area contributed by atoms with E-state index in [0.717, 1.165) is 66.5 Å². The average molecular weight is 451 g/mol. The standard InChI is InChI=1S/C24H27ClN6O/c1-14-5-6-17(19(25)20(14)27-4)18-15(2)29-23(31-12-9-28-22(18)31)30-10-7-24(8-11-30)13-32-16(3)21(24)26/h5-6,9,12,16,21H,7-8,10-11,13,26H2,1-3H3/t16-,21+/m0/s1. The van der Waals surface area contributed by atoms with E-state index in [4.69, 9.17) is 33.6 Å². The van der Waals surface area contributed by atoms with Crippen LogP contribution in [-0.2, 0) is 4.74 Å². The van der Waals surface area contributed by atoms with Crippen molar-refractivity contribution in [3.8, 4) is 11.1 Å². The molecule has 3 aromatic rings. The summed E-state index contributed by atoms with van der Waals surface area (Å²) in [6, 6.07) is 3.97. The zero-order valence-corrected chi connectivity index (χ0v) is 19.4. The number of nitrogens with two attached hydrogens (primary N) is 1. The Morgan fingerprint density at radius 1 is 1.28 bits per heavy atom. The molecule has 2 aliphatic heterocycles. The van der Waals surface area contributed by atoms with Gasteiger partial charge in [-0.05, 0) is 44.7 Å². The average Bonchev–Trinajstić information content (AvgIpc) is 3.37. The van der Waals surface area contributed by atoms with Crippen LogP contribution in [0.25, 0.3) is 21.6 Å². The Morgan fingerprint density at radius 2 is 2.03 bits per heavy atom. The molecule has 166 valence electrons. The highest BCUT2D eigenvalue weighted by Crippen LogP contribution is 2.43. The van der Waals surface area contributed by atoms with Crippen LogP contribution in [-0.4, -0.2) is 46.2 Å². The quantitative estimate of drug-likeness (QED) is 0.580. The lowest BCUT2D eigenvalue weighted by atomic mass is 9.73. The number of halogens is 1. The molecule has 2 N–H and O–H groups in total. The minimum atomic E-state index is 0.0601. The molecule has 2 fully saturated rings. The van der Waals surface area contributed by atoms with Crippen molar-refractivity contribution in [2.45, 2.75) is 45.8 Å². The lowest BCUT2D eigenvalue weighted by Crippen LogP contribution is -2.51. The summed E-state index contributed by atoms with van der Waals surface area (Å²) in [4.78, 5) is 15.6. The van der Waals surface area contributed by atoms with E-state index in [1.54, 1.807) is 6.20 Å². The van der Waals surface area contributed by atoms with Crippen LogP contribution < -0.4 is 10.6 Å². The maximum absolute atomic E-state index is 7.51. The number of nitrogens with zero attached hydrogens (tertiary/aromatic N) is 5. The second-order valence-electron chi connectivity index (χ2n) is 9.09. The van der Waals surface area contributed by atoms with Gasteiger partial charge in [-0.2, -0.15) is 0 Å². The van der Waals surface area contributed by atoms with E-state index >= 15 is 0 Å². The van der Waals surface area contributed by atoms with Crippen LogP contribution in [0, 0.1) is 25.8 Å². The second kappa shape index (κ2) is 7.73. The van der Waals surface area contributed by atoms with E-state index < -0.39 is 0 Å². The van der Waals surface area contributed by atoms with E-state index in [9.17, 15) is 0 Å². The first-order chi connectivity index (χ1) is 15.4. The largest absolute Gasteiger partial charge is 0.376 e. The SMILES string of the molecule is [C-]#[N+]c1c(C)ccc(-c2c(C)nc(N3CCC4(CC3)CO[C@@H](C)[C@H]4N)n3ccnc23)c1Cl. The number of benzene rings is 1. The fourth-order valence-electron chi connectivity index (χ4n) is 5.23. The minimum Gasteiger partial charge on any atom is -0.376 e. The van der Waals surface area contributed by atoms with Gasteiger partial charge < -0.3 is 15.4 Å². The molecule has 0 bridgehead atoms. The van der Waals surface area contributed by atoms with E-state index in [1.807, 2.05) is 36.6 Å². The molecule has 1 aromatic carbocycles. The van der Waals surface area contributed by atoms with Crippen molar-refractivity contribution in [3.05, 3.63) is 52.2 Å². The van der Waals surface area contributed by atoms with Crippen LogP contribution in [0.5, 0.6) is 0 Å². The van der Waals surface area contributed by atoms with Crippen LogP contribution in [0.15, 0.2) is 24.5 Å². The van der Waals surface area contributed by atoms with E-state index in [-0.39, 0.29) is 17.6 Å². The second-order valence-corrected chi connectivity index (χ2v) is 9.47. The number of anilines is 1. The number of ether oxygens (including phenoxy) is 1. The molecular weight excluding hydrogens is 424 g/mol. The summed E-state index contributed by atoms with van der Waals surface area (Å²) in [5.41, 5.74) is 11.2. The molecule has 5 rings (SSSR count). The summed E-state index contributed by atoms with van der Waals surface area (Å²) in [6.45, 7) is 15.9. The lowest BCUT2D eigenvalue weighted by molar-refractivity contribution is 0.0973. The van der Waals surface area contributed by atoms with Crippen molar-refractivity contribution in [1.82, 2.24) is 14.4 Å². The monoisotopic (exact) mass is 450 g/mol. The predicted molar refractivity (Wildman–Crippen MR) is 126 cm³/mol. The van der Waals surface area contributed by atoms with Gasteiger partial charge >= 0.3 is 0 Å². The molecule has 0 unspecified atom stereocenters. The summed E-state index contributed by atoms with van der Waals surface area (Å²) in [7, 11) is 0. The van der Waals surface area contributed by atoms with Crippen LogP contribution in [0.4, 0.5) is 11.6 Å². The van der Waals surface area contributed by atoms with Gasteiger partial charge in [0.05, 0.1) is 30.0 Å². The topological polar surface area (TPSA) is 73.0 Å². The number of rotatable bonds is 2. The van der Waals surface area contributed by atoms with Crippen molar-refractivity contribution in [3.63, 3.8) is 0 Å². The first kappa shape index (κ1) is 21.2. The Kier molecular flexibility index (Phi) is 5.12. The van der Waals surface area contributed by atoms with Gasteiger partial charge in [-0.15, -0.1) is 0 Å². The highest BCUT2D eigenvalue weighted by Gasteiger charge is 2.47. The Labute approximate surface area is 193 Å². The van der Waals surface area contributed by atoms with Crippen LogP contribution >= 0.6 is 11.6 Å².